The minimum Gasteiger partial charge on any atom is -0.338 e. The van der Waals surface area contributed by atoms with E-state index in [2.05, 4.69) is 31.5 Å². The Morgan fingerprint density at radius 1 is 1.47 bits per heavy atom. The quantitative estimate of drug-likeness (QED) is 0.830. The van der Waals surface area contributed by atoms with Gasteiger partial charge >= 0.3 is 6.03 Å². The van der Waals surface area contributed by atoms with Gasteiger partial charge in [0.25, 0.3) is 0 Å². The summed E-state index contributed by atoms with van der Waals surface area (Å²) in [5.41, 5.74) is 0. The van der Waals surface area contributed by atoms with Gasteiger partial charge in [-0.15, -0.1) is 0 Å². The second-order valence-electron chi connectivity index (χ2n) is 3.01. The molecule has 1 aromatic rings. The molecule has 2 N–H and O–H groups in total. The Labute approximate surface area is 112 Å². The van der Waals surface area contributed by atoms with Crippen molar-refractivity contribution in [2.24, 2.45) is 0 Å². The number of carbonyl (C=O) groups excluding carboxylic acids is 2. The smallest absolute Gasteiger partial charge is 0.321 e. The zero-order valence-corrected chi connectivity index (χ0v) is 11.6. The lowest BCUT2D eigenvalue weighted by Gasteiger charge is -2.04. The first-order valence-corrected chi connectivity index (χ1v) is 6.71. The minimum absolute atomic E-state index is 0.158. The molecule has 0 aliphatic rings. The highest BCUT2D eigenvalue weighted by atomic mass is 79.9. The van der Waals surface area contributed by atoms with Gasteiger partial charge in [-0.05, 0) is 35.0 Å². The number of rotatable bonds is 4. The topological polar surface area (TPSA) is 71.1 Å². The highest BCUT2D eigenvalue weighted by molar-refractivity contribution is 9.10. The Morgan fingerprint density at radius 3 is 2.82 bits per heavy atom. The molecule has 0 saturated carbocycles. The molecular formula is C10H12BrN3O2S. The second-order valence-corrected chi connectivity index (χ2v) is 4.92. The van der Waals surface area contributed by atoms with Crippen LogP contribution in [0.2, 0.25) is 0 Å². The molecule has 0 radical (unpaired) electrons. The van der Waals surface area contributed by atoms with Gasteiger partial charge in [0.15, 0.2) is 0 Å². The van der Waals surface area contributed by atoms with E-state index < -0.39 is 6.03 Å². The summed E-state index contributed by atoms with van der Waals surface area (Å²) in [6.45, 7) is 2.27. The standard InChI is InChI=1S/C10H12BrN3O2S/c1-2-12-10(16)14-8(15)6-17-9-4-3-7(11)5-13-9/h3-5H,2,6H2,1H3,(H2,12,14,15,16). The average Bonchev–Trinajstić information content (AvgIpc) is 2.28. The number of imide groups is 1. The van der Waals surface area contributed by atoms with E-state index in [1.165, 1.54) is 11.8 Å². The van der Waals surface area contributed by atoms with Crippen molar-refractivity contribution in [3.63, 3.8) is 0 Å². The van der Waals surface area contributed by atoms with Gasteiger partial charge in [-0.3, -0.25) is 10.1 Å². The number of pyridine rings is 1. The Morgan fingerprint density at radius 2 is 2.24 bits per heavy atom. The summed E-state index contributed by atoms with van der Waals surface area (Å²) in [4.78, 5) is 26.5. The molecule has 0 bridgehead atoms. The second kappa shape index (κ2) is 7.29. The van der Waals surface area contributed by atoms with E-state index in [0.29, 0.717) is 6.54 Å². The minimum atomic E-state index is -0.470. The first-order valence-electron chi connectivity index (χ1n) is 4.94. The maximum absolute atomic E-state index is 11.3. The van der Waals surface area contributed by atoms with Crippen molar-refractivity contribution < 1.29 is 9.59 Å². The molecule has 0 spiro atoms. The largest absolute Gasteiger partial charge is 0.338 e. The van der Waals surface area contributed by atoms with Gasteiger partial charge in [0.1, 0.15) is 0 Å². The lowest BCUT2D eigenvalue weighted by molar-refractivity contribution is -0.117. The molecule has 92 valence electrons. The van der Waals surface area contributed by atoms with E-state index in [4.69, 9.17) is 0 Å². The molecule has 0 unspecified atom stereocenters. The maximum Gasteiger partial charge on any atom is 0.321 e. The van der Waals surface area contributed by atoms with Crippen molar-refractivity contribution in [3.8, 4) is 0 Å². The van der Waals surface area contributed by atoms with Gasteiger partial charge < -0.3 is 5.32 Å². The van der Waals surface area contributed by atoms with Crippen LogP contribution in [-0.4, -0.2) is 29.2 Å². The molecule has 17 heavy (non-hydrogen) atoms. The summed E-state index contributed by atoms with van der Waals surface area (Å²) < 4.78 is 0.883. The Hall–Kier alpha value is -1.08. The third kappa shape index (κ3) is 5.69. The number of hydrogen-bond donors (Lipinski definition) is 2. The highest BCUT2D eigenvalue weighted by Gasteiger charge is 2.07. The molecule has 0 aliphatic heterocycles. The fourth-order valence-electron chi connectivity index (χ4n) is 0.955. The molecule has 1 rings (SSSR count). The van der Waals surface area contributed by atoms with Crippen LogP contribution in [0.25, 0.3) is 0 Å². The van der Waals surface area contributed by atoms with Crippen molar-refractivity contribution in [2.75, 3.05) is 12.3 Å². The van der Waals surface area contributed by atoms with Crippen LogP contribution in [0, 0.1) is 0 Å². The predicted octanol–water partition coefficient (Wildman–Crippen LogP) is 1.78. The van der Waals surface area contributed by atoms with E-state index in [1.807, 2.05) is 6.07 Å². The number of thioether (sulfide) groups is 1. The van der Waals surface area contributed by atoms with E-state index >= 15 is 0 Å². The molecule has 0 saturated heterocycles. The molecule has 7 heteroatoms. The van der Waals surface area contributed by atoms with Crippen LogP contribution in [0.1, 0.15) is 6.92 Å². The molecule has 3 amide bonds. The van der Waals surface area contributed by atoms with Crippen molar-refractivity contribution >= 4 is 39.6 Å². The lowest BCUT2D eigenvalue weighted by atomic mass is 10.5. The van der Waals surface area contributed by atoms with E-state index in [-0.39, 0.29) is 11.7 Å². The van der Waals surface area contributed by atoms with Crippen LogP contribution in [0.5, 0.6) is 0 Å². The SMILES string of the molecule is CCNC(=O)NC(=O)CSc1ccc(Br)cn1. The van der Waals surface area contributed by atoms with Crippen molar-refractivity contribution in [2.45, 2.75) is 11.9 Å². The van der Waals surface area contributed by atoms with Crippen molar-refractivity contribution in [3.05, 3.63) is 22.8 Å². The zero-order valence-electron chi connectivity index (χ0n) is 9.20. The molecule has 5 nitrogen and oxygen atoms in total. The van der Waals surface area contributed by atoms with Crippen LogP contribution in [-0.2, 0) is 4.79 Å². The third-order valence-corrected chi connectivity index (χ3v) is 3.05. The average molecular weight is 318 g/mol. The summed E-state index contributed by atoms with van der Waals surface area (Å²) in [7, 11) is 0. The molecule has 0 atom stereocenters. The predicted molar refractivity (Wildman–Crippen MR) is 69.9 cm³/mol. The maximum atomic E-state index is 11.3. The fourth-order valence-corrected chi connectivity index (χ4v) is 1.83. The van der Waals surface area contributed by atoms with Gasteiger partial charge in [0.05, 0.1) is 10.8 Å². The van der Waals surface area contributed by atoms with Crippen LogP contribution in [0.4, 0.5) is 4.79 Å². The molecular weight excluding hydrogens is 306 g/mol. The van der Waals surface area contributed by atoms with Gasteiger partial charge in [-0.25, -0.2) is 9.78 Å². The number of urea groups is 1. The summed E-state index contributed by atoms with van der Waals surface area (Å²) in [5.74, 6) is -0.183. The van der Waals surface area contributed by atoms with E-state index in [9.17, 15) is 9.59 Å². The first-order chi connectivity index (χ1) is 8.11. The summed E-state index contributed by atoms with van der Waals surface area (Å²) in [6.07, 6.45) is 1.66. The summed E-state index contributed by atoms with van der Waals surface area (Å²) in [5, 5.41) is 5.43. The number of carbonyl (C=O) groups is 2. The Balaban J connectivity index is 2.33. The zero-order chi connectivity index (χ0) is 12.7. The monoisotopic (exact) mass is 317 g/mol. The fraction of sp³-hybridized carbons (Fsp3) is 0.300. The number of halogens is 1. The van der Waals surface area contributed by atoms with Crippen LogP contribution in [0.3, 0.4) is 0 Å². The third-order valence-electron chi connectivity index (χ3n) is 1.64. The van der Waals surface area contributed by atoms with Crippen molar-refractivity contribution in [1.29, 1.82) is 0 Å². The van der Waals surface area contributed by atoms with E-state index in [0.717, 1.165) is 9.50 Å². The van der Waals surface area contributed by atoms with Crippen LogP contribution in [0.15, 0.2) is 27.8 Å². The summed E-state index contributed by atoms with van der Waals surface area (Å²) in [6, 6.07) is 3.17. The van der Waals surface area contributed by atoms with Gasteiger partial charge in [0, 0.05) is 17.2 Å². The van der Waals surface area contributed by atoms with E-state index in [1.54, 1.807) is 19.2 Å². The molecule has 0 aliphatic carbocycles. The molecule has 0 aromatic carbocycles. The summed E-state index contributed by atoms with van der Waals surface area (Å²) >= 11 is 4.54. The number of amides is 3. The van der Waals surface area contributed by atoms with Crippen LogP contribution < -0.4 is 10.6 Å². The first kappa shape index (κ1) is 14.0. The van der Waals surface area contributed by atoms with Gasteiger partial charge in [-0.1, -0.05) is 11.8 Å². The molecule has 1 heterocycles. The number of aromatic nitrogens is 1. The molecule has 0 fully saturated rings. The Kier molecular flexibility index (Phi) is 5.99. The number of nitrogens with zero attached hydrogens (tertiary/aromatic N) is 1. The highest BCUT2D eigenvalue weighted by Crippen LogP contribution is 2.16. The number of nitrogens with one attached hydrogen (secondary N) is 2. The van der Waals surface area contributed by atoms with Gasteiger partial charge in [0.2, 0.25) is 5.91 Å². The molecule has 1 aromatic heterocycles. The lowest BCUT2D eigenvalue weighted by Crippen LogP contribution is -2.40. The number of hydrogen-bond acceptors (Lipinski definition) is 4. The van der Waals surface area contributed by atoms with Crippen molar-refractivity contribution in [1.82, 2.24) is 15.6 Å². The van der Waals surface area contributed by atoms with Gasteiger partial charge in [-0.2, -0.15) is 0 Å². The Bertz CT molecular complexity index is 397. The van der Waals surface area contributed by atoms with Crippen LogP contribution >= 0.6 is 27.7 Å². The normalized spacial score (nSPS) is 9.76.